The molecule has 0 aromatic carbocycles. The van der Waals surface area contributed by atoms with Gasteiger partial charge >= 0.3 is 0 Å². The number of primary sulfonamides is 1. The number of hydrogen-bond donors (Lipinski definition) is 3. The molecule has 0 saturated heterocycles. The third-order valence-corrected chi connectivity index (χ3v) is 3.40. The fraction of sp³-hybridized carbons (Fsp3) is 0.700. The van der Waals surface area contributed by atoms with Crippen LogP contribution in [0.5, 0.6) is 0 Å². The second-order valence-electron chi connectivity index (χ2n) is 4.23. The van der Waals surface area contributed by atoms with Crippen LogP contribution in [0.3, 0.4) is 0 Å². The number of rotatable bonds is 7. The predicted octanol–water partition coefficient (Wildman–Crippen LogP) is 0.0453. The minimum Gasteiger partial charge on any atom is -0.394 e. The van der Waals surface area contributed by atoms with Crippen molar-refractivity contribution >= 4 is 21.5 Å². The van der Waals surface area contributed by atoms with Gasteiger partial charge in [0.15, 0.2) is 0 Å². The zero-order valence-electron chi connectivity index (χ0n) is 10.8. The summed E-state index contributed by atoms with van der Waals surface area (Å²) in [5, 5.41) is 12.3. The molecule has 0 aliphatic heterocycles. The molecule has 1 aromatic heterocycles. The summed E-state index contributed by atoms with van der Waals surface area (Å²) < 4.78 is 23.2. The highest BCUT2D eigenvalue weighted by molar-refractivity contribution is 7.89. The van der Waals surface area contributed by atoms with Crippen molar-refractivity contribution < 1.29 is 8.42 Å². The maximum atomic E-state index is 10.8. The van der Waals surface area contributed by atoms with Crippen LogP contribution in [0, 0.1) is 0 Å². The molecule has 0 atom stereocenters. The summed E-state index contributed by atoms with van der Waals surface area (Å²) >= 11 is 0. The number of nitrogens with one attached hydrogen (secondary N) is 1. The van der Waals surface area contributed by atoms with Crippen molar-refractivity contribution in [2.75, 3.05) is 23.3 Å². The van der Waals surface area contributed by atoms with E-state index >= 15 is 0 Å². The Kier molecular flexibility index (Phi) is 4.97. The van der Waals surface area contributed by atoms with E-state index in [0.29, 0.717) is 18.7 Å². The van der Waals surface area contributed by atoms with Crippen LogP contribution in [0.25, 0.3) is 0 Å². The number of nitrogens with zero attached hydrogens (tertiary/aromatic N) is 2. The van der Waals surface area contributed by atoms with Gasteiger partial charge in [-0.1, -0.05) is 13.3 Å². The molecule has 1 rings (SSSR count). The van der Waals surface area contributed by atoms with Crippen molar-refractivity contribution in [1.29, 1.82) is 0 Å². The molecule has 0 aliphatic carbocycles. The van der Waals surface area contributed by atoms with Crippen LogP contribution in [-0.4, -0.2) is 30.5 Å². The quantitative estimate of drug-likeness (QED) is 0.608. The summed E-state index contributed by atoms with van der Waals surface area (Å²) in [5.41, 5.74) is 7.47. The molecule has 0 spiro atoms. The van der Waals surface area contributed by atoms with Crippen LogP contribution in [0.2, 0.25) is 0 Å². The lowest BCUT2D eigenvalue weighted by atomic mass is 10.2. The van der Waals surface area contributed by atoms with Crippen LogP contribution >= 0.6 is 0 Å². The van der Waals surface area contributed by atoms with E-state index in [2.05, 4.69) is 17.3 Å². The molecule has 0 amide bonds. The maximum Gasteiger partial charge on any atom is 0.209 e. The minimum atomic E-state index is -3.40. The van der Waals surface area contributed by atoms with Gasteiger partial charge in [0.1, 0.15) is 5.82 Å². The Morgan fingerprint density at radius 3 is 2.67 bits per heavy atom. The summed E-state index contributed by atoms with van der Waals surface area (Å²) in [6, 6.07) is 0. The normalized spacial score (nSPS) is 11.7. The lowest BCUT2D eigenvalue weighted by Gasteiger charge is -2.07. The standard InChI is InChI=1S/C10H21N5O2S/c1-3-5-8-9(11)10(15(2)14-8)13-6-4-7-18(12,16)17/h13H,3-7,11H2,1-2H3,(H2,12,16,17). The van der Waals surface area contributed by atoms with Gasteiger partial charge in [0, 0.05) is 13.6 Å². The fourth-order valence-electron chi connectivity index (χ4n) is 1.71. The van der Waals surface area contributed by atoms with Gasteiger partial charge < -0.3 is 11.1 Å². The summed E-state index contributed by atoms with van der Waals surface area (Å²) in [7, 11) is -1.59. The predicted molar refractivity (Wildman–Crippen MR) is 72.7 cm³/mol. The van der Waals surface area contributed by atoms with E-state index in [0.717, 1.165) is 24.4 Å². The molecule has 8 heteroatoms. The monoisotopic (exact) mass is 275 g/mol. The van der Waals surface area contributed by atoms with Crippen molar-refractivity contribution in [3.05, 3.63) is 5.69 Å². The van der Waals surface area contributed by atoms with E-state index in [1.165, 1.54) is 0 Å². The molecule has 104 valence electrons. The SMILES string of the molecule is CCCc1nn(C)c(NCCCS(N)(=O)=O)c1N. The average molecular weight is 275 g/mol. The smallest absolute Gasteiger partial charge is 0.209 e. The molecule has 5 N–H and O–H groups in total. The maximum absolute atomic E-state index is 10.8. The minimum absolute atomic E-state index is 0.0421. The van der Waals surface area contributed by atoms with Crippen molar-refractivity contribution in [2.45, 2.75) is 26.2 Å². The van der Waals surface area contributed by atoms with Crippen molar-refractivity contribution in [3.63, 3.8) is 0 Å². The lowest BCUT2D eigenvalue weighted by Crippen LogP contribution is -2.19. The largest absolute Gasteiger partial charge is 0.394 e. The number of aromatic nitrogens is 2. The Morgan fingerprint density at radius 1 is 1.44 bits per heavy atom. The van der Waals surface area contributed by atoms with E-state index in [1.807, 2.05) is 0 Å². The van der Waals surface area contributed by atoms with Crippen molar-refractivity contribution in [2.24, 2.45) is 12.2 Å². The van der Waals surface area contributed by atoms with Gasteiger partial charge in [-0.15, -0.1) is 0 Å². The highest BCUT2D eigenvalue weighted by atomic mass is 32.2. The summed E-state index contributed by atoms with van der Waals surface area (Å²) in [6.45, 7) is 2.55. The Balaban J connectivity index is 2.57. The molecule has 7 nitrogen and oxygen atoms in total. The first-order chi connectivity index (χ1) is 8.35. The zero-order valence-corrected chi connectivity index (χ0v) is 11.6. The van der Waals surface area contributed by atoms with Crippen LogP contribution in [-0.2, 0) is 23.5 Å². The number of hydrogen-bond acceptors (Lipinski definition) is 5. The van der Waals surface area contributed by atoms with Crippen molar-refractivity contribution in [1.82, 2.24) is 9.78 Å². The molecule has 0 saturated carbocycles. The van der Waals surface area contributed by atoms with Gasteiger partial charge in [-0.05, 0) is 12.8 Å². The van der Waals surface area contributed by atoms with Gasteiger partial charge in [-0.25, -0.2) is 13.6 Å². The van der Waals surface area contributed by atoms with E-state index in [1.54, 1.807) is 11.7 Å². The van der Waals surface area contributed by atoms with E-state index in [4.69, 9.17) is 10.9 Å². The molecule has 0 fully saturated rings. The number of sulfonamides is 1. The Bertz CT molecular complexity index is 495. The van der Waals surface area contributed by atoms with Crippen LogP contribution in [0.4, 0.5) is 11.5 Å². The number of anilines is 2. The first kappa shape index (κ1) is 14.8. The van der Waals surface area contributed by atoms with E-state index in [-0.39, 0.29) is 5.75 Å². The topological polar surface area (TPSA) is 116 Å². The van der Waals surface area contributed by atoms with E-state index < -0.39 is 10.0 Å². The third-order valence-electron chi connectivity index (χ3n) is 2.55. The number of nitrogen functional groups attached to an aromatic ring is 1. The van der Waals surface area contributed by atoms with E-state index in [9.17, 15) is 8.42 Å². The first-order valence-corrected chi connectivity index (χ1v) is 7.62. The second kappa shape index (κ2) is 6.05. The van der Waals surface area contributed by atoms with Crippen molar-refractivity contribution in [3.8, 4) is 0 Å². The lowest BCUT2D eigenvalue weighted by molar-refractivity contribution is 0.595. The summed E-state index contributed by atoms with van der Waals surface area (Å²) in [6.07, 6.45) is 2.25. The van der Waals surface area contributed by atoms with Crippen LogP contribution in [0.1, 0.15) is 25.5 Å². The van der Waals surface area contributed by atoms with Crippen LogP contribution < -0.4 is 16.2 Å². The van der Waals surface area contributed by atoms with Gasteiger partial charge in [0.05, 0.1) is 17.1 Å². The summed E-state index contributed by atoms with van der Waals surface area (Å²) in [4.78, 5) is 0. The molecule has 1 aromatic rings. The first-order valence-electron chi connectivity index (χ1n) is 5.91. The van der Waals surface area contributed by atoms with Gasteiger partial charge in [-0.2, -0.15) is 5.10 Å². The molecule has 0 unspecified atom stereocenters. The third kappa shape index (κ3) is 4.19. The Hall–Kier alpha value is -1.28. The Morgan fingerprint density at radius 2 is 2.11 bits per heavy atom. The molecule has 1 heterocycles. The van der Waals surface area contributed by atoms with Gasteiger partial charge in [-0.3, -0.25) is 4.68 Å². The number of nitrogens with two attached hydrogens (primary N) is 2. The highest BCUT2D eigenvalue weighted by Gasteiger charge is 2.12. The van der Waals surface area contributed by atoms with Gasteiger partial charge in [0.2, 0.25) is 10.0 Å². The second-order valence-corrected chi connectivity index (χ2v) is 5.96. The summed E-state index contributed by atoms with van der Waals surface area (Å²) in [5.74, 6) is 0.687. The molecule has 0 aliphatic rings. The van der Waals surface area contributed by atoms with Gasteiger partial charge in [0.25, 0.3) is 0 Å². The Labute approximate surface area is 108 Å². The number of aryl methyl sites for hydroxylation is 2. The molecular weight excluding hydrogens is 254 g/mol. The zero-order chi connectivity index (χ0) is 13.8. The van der Waals surface area contributed by atoms with Crippen LogP contribution in [0.15, 0.2) is 0 Å². The molecular formula is C10H21N5O2S. The average Bonchev–Trinajstić information content (AvgIpc) is 2.50. The fourth-order valence-corrected chi connectivity index (χ4v) is 2.25. The molecule has 18 heavy (non-hydrogen) atoms. The molecule has 0 bridgehead atoms. The molecule has 0 radical (unpaired) electrons. The highest BCUT2D eigenvalue weighted by Crippen LogP contribution is 2.22.